The molecule has 1 aliphatic rings. The second-order valence-corrected chi connectivity index (χ2v) is 7.48. The van der Waals surface area contributed by atoms with E-state index in [4.69, 9.17) is 0 Å². The number of benzene rings is 2. The van der Waals surface area contributed by atoms with Crippen molar-refractivity contribution >= 4 is 16.7 Å². The van der Waals surface area contributed by atoms with E-state index in [1.54, 1.807) is 12.1 Å². The predicted molar refractivity (Wildman–Crippen MR) is 105 cm³/mol. The molecule has 2 aromatic carbocycles. The summed E-state index contributed by atoms with van der Waals surface area (Å²) in [6, 6.07) is 9.00. The number of hydrogen-bond acceptors (Lipinski definition) is 2. The van der Waals surface area contributed by atoms with Gasteiger partial charge in [-0.25, -0.2) is 5.01 Å². The van der Waals surface area contributed by atoms with Gasteiger partial charge in [-0.15, -0.1) is 0 Å². The average molecular weight is 392 g/mol. The molecule has 2 aromatic rings. The van der Waals surface area contributed by atoms with Gasteiger partial charge in [0.05, 0.1) is 0 Å². The summed E-state index contributed by atoms with van der Waals surface area (Å²) in [5, 5.41) is 2.83. The zero-order valence-corrected chi connectivity index (χ0v) is 16.2. The van der Waals surface area contributed by atoms with E-state index in [0.29, 0.717) is 0 Å². The Morgan fingerprint density at radius 1 is 1.11 bits per heavy atom. The van der Waals surface area contributed by atoms with Crippen LogP contribution < -0.4 is 5.43 Å². The van der Waals surface area contributed by atoms with Crippen LogP contribution in [0.5, 0.6) is 0 Å². The number of fused-ring (bicyclic) bond motifs is 1. The average Bonchev–Trinajstić information content (AvgIpc) is 3.06. The van der Waals surface area contributed by atoms with E-state index in [1.807, 2.05) is 18.2 Å². The van der Waals surface area contributed by atoms with Crippen LogP contribution in [-0.2, 0) is 11.2 Å². The van der Waals surface area contributed by atoms with Crippen molar-refractivity contribution in [1.82, 2.24) is 10.4 Å². The van der Waals surface area contributed by atoms with Crippen LogP contribution in [0.25, 0.3) is 10.8 Å². The highest BCUT2D eigenvalue weighted by Crippen LogP contribution is 2.39. The Labute approximate surface area is 163 Å². The number of amides is 1. The van der Waals surface area contributed by atoms with E-state index in [0.717, 1.165) is 40.6 Å². The molecule has 6 heteroatoms. The SMILES string of the molecule is CCCCCCCc1cccc2ccc(C(N3CCC(=O)N3)C(F)(F)F)cc12. The molecule has 1 heterocycles. The van der Waals surface area contributed by atoms with E-state index < -0.39 is 12.2 Å². The van der Waals surface area contributed by atoms with Crippen LogP contribution in [0.2, 0.25) is 0 Å². The predicted octanol–water partition coefficient (Wildman–Crippen LogP) is 5.69. The molecule has 1 unspecified atom stereocenters. The van der Waals surface area contributed by atoms with Crippen molar-refractivity contribution in [1.29, 1.82) is 0 Å². The summed E-state index contributed by atoms with van der Waals surface area (Å²) < 4.78 is 41.4. The lowest BCUT2D eigenvalue weighted by Gasteiger charge is -2.29. The normalized spacial score (nSPS) is 16.5. The van der Waals surface area contributed by atoms with Gasteiger partial charge < -0.3 is 0 Å². The highest BCUT2D eigenvalue weighted by Gasteiger charge is 2.46. The smallest absolute Gasteiger partial charge is 0.288 e. The third kappa shape index (κ3) is 4.85. The molecule has 0 aromatic heterocycles. The first-order valence-corrected chi connectivity index (χ1v) is 10.0. The zero-order chi connectivity index (χ0) is 20.1. The van der Waals surface area contributed by atoms with Gasteiger partial charge in [-0.2, -0.15) is 13.2 Å². The first-order valence-electron chi connectivity index (χ1n) is 10.0. The van der Waals surface area contributed by atoms with Crippen LogP contribution in [0.1, 0.15) is 62.6 Å². The van der Waals surface area contributed by atoms with Gasteiger partial charge in [-0.1, -0.05) is 62.9 Å². The number of alkyl halides is 3. The van der Waals surface area contributed by atoms with E-state index in [9.17, 15) is 18.0 Å². The van der Waals surface area contributed by atoms with Crippen LogP contribution in [-0.4, -0.2) is 23.6 Å². The number of carbonyl (C=O) groups excluding carboxylic acids is 1. The summed E-state index contributed by atoms with van der Waals surface area (Å²) in [5.74, 6) is -0.372. The molecule has 3 rings (SSSR count). The number of rotatable bonds is 8. The topological polar surface area (TPSA) is 32.3 Å². The van der Waals surface area contributed by atoms with Gasteiger partial charge in [-0.05, 0) is 40.8 Å². The molecule has 1 atom stereocenters. The van der Waals surface area contributed by atoms with E-state index >= 15 is 0 Å². The number of hydrogen-bond donors (Lipinski definition) is 1. The summed E-state index contributed by atoms with van der Waals surface area (Å²) in [6.07, 6.45) is 2.24. The standard InChI is InChI=1S/C22H27F3N2O/c1-2-3-4-5-6-8-16-9-7-10-17-11-12-18(15-19(16)17)21(22(23,24)25)27-14-13-20(28)26-27/h7,9-12,15,21H,2-6,8,13-14H2,1H3,(H,26,28). The molecule has 28 heavy (non-hydrogen) atoms. The number of aryl methyl sites for hydroxylation is 1. The zero-order valence-electron chi connectivity index (χ0n) is 16.2. The van der Waals surface area contributed by atoms with Crippen molar-refractivity contribution in [3.05, 3.63) is 47.5 Å². The summed E-state index contributed by atoms with van der Waals surface area (Å²) in [6.45, 7) is 2.23. The Morgan fingerprint density at radius 3 is 2.57 bits per heavy atom. The van der Waals surface area contributed by atoms with Gasteiger partial charge >= 0.3 is 6.18 Å². The van der Waals surface area contributed by atoms with Crippen molar-refractivity contribution < 1.29 is 18.0 Å². The first-order chi connectivity index (χ1) is 13.4. The lowest BCUT2D eigenvalue weighted by Crippen LogP contribution is -2.43. The highest BCUT2D eigenvalue weighted by atomic mass is 19.4. The van der Waals surface area contributed by atoms with Crippen LogP contribution in [0.15, 0.2) is 36.4 Å². The molecule has 1 aliphatic heterocycles. The van der Waals surface area contributed by atoms with Gasteiger partial charge in [0.2, 0.25) is 5.91 Å². The third-order valence-electron chi connectivity index (χ3n) is 5.33. The number of hydrazine groups is 1. The molecule has 0 bridgehead atoms. The Morgan fingerprint density at radius 2 is 1.89 bits per heavy atom. The summed E-state index contributed by atoms with van der Waals surface area (Å²) in [7, 11) is 0. The Hall–Kier alpha value is -2.08. The molecule has 0 aliphatic carbocycles. The molecular weight excluding hydrogens is 365 g/mol. The van der Waals surface area contributed by atoms with Crippen LogP contribution in [0.3, 0.4) is 0 Å². The maximum Gasteiger partial charge on any atom is 0.409 e. The molecule has 0 spiro atoms. The molecule has 1 saturated heterocycles. The minimum atomic E-state index is -4.47. The third-order valence-corrected chi connectivity index (χ3v) is 5.33. The minimum Gasteiger partial charge on any atom is -0.288 e. The number of nitrogens with one attached hydrogen (secondary N) is 1. The van der Waals surface area contributed by atoms with E-state index in [2.05, 4.69) is 12.3 Å². The fourth-order valence-electron chi connectivity index (χ4n) is 3.90. The fraction of sp³-hybridized carbons (Fsp3) is 0.500. The quantitative estimate of drug-likeness (QED) is 0.585. The van der Waals surface area contributed by atoms with E-state index in [-0.39, 0.29) is 24.4 Å². The molecule has 1 fully saturated rings. The monoisotopic (exact) mass is 392 g/mol. The van der Waals surface area contributed by atoms with Gasteiger partial charge in [0.25, 0.3) is 0 Å². The second kappa shape index (κ2) is 8.95. The second-order valence-electron chi connectivity index (χ2n) is 7.48. The number of halogens is 3. The fourth-order valence-corrected chi connectivity index (χ4v) is 3.90. The maximum absolute atomic E-state index is 13.8. The molecule has 3 nitrogen and oxygen atoms in total. The van der Waals surface area contributed by atoms with E-state index in [1.165, 1.54) is 25.3 Å². The molecule has 1 amide bonds. The number of nitrogens with zero attached hydrogens (tertiary/aromatic N) is 1. The van der Waals surface area contributed by atoms with Crippen molar-refractivity contribution in [2.45, 2.75) is 64.1 Å². The summed E-state index contributed by atoms with van der Waals surface area (Å²) in [4.78, 5) is 11.5. The largest absolute Gasteiger partial charge is 0.409 e. The first kappa shape index (κ1) is 20.6. The lowest BCUT2D eigenvalue weighted by molar-refractivity contribution is -0.191. The van der Waals surface area contributed by atoms with Crippen molar-refractivity contribution in [2.75, 3.05) is 6.54 Å². The van der Waals surface area contributed by atoms with Crippen molar-refractivity contribution in [3.63, 3.8) is 0 Å². The van der Waals surface area contributed by atoms with Crippen molar-refractivity contribution in [3.8, 4) is 0 Å². The Balaban J connectivity index is 1.88. The van der Waals surface area contributed by atoms with Gasteiger partial charge in [-0.3, -0.25) is 10.2 Å². The van der Waals surface area contributed by atoms with Crippen LogP contribution in [0.4, 0.5) is 13.2 Å². The number of unbranched alkanes of at least 4 members (excludes halogenated alkanes) is 4. The summed E-state index contributed by atoms with van der Waals surface area (Å²) >= 11 is 0. The van der Waals surface area contributed by atoms with Gasteiger partial charge in [0.15, 0.2) is 0 Å². The highest BCUT2D eigenvalue weighted by molar-refractivity contribution is 5.86. The Kier molecular flexibility index (Phi) is 6.60. The van der Waals surface area contributed by atoms with Crippen molar-refractivity contribution in [2.24, 2.45) is 0 Å². The maximum atomic E-state index is 13.8. The van der Waals surface area contributed by atoms with Gasteiger partial charge in [0.1, 0.15) is 6.04 Å². The Bertz CT molecular complexity index is 819. The molecular formula is C22H27F3N2O. The summed E-state index contributed by atoms with van der Waals surface area (Å²) in [5.41, 5.74) is 3.60. The number of carbonyl (C=O) groups is 1. The minimum absolute atomic E-state index is 0.0557. The molecule has 0 saturated carbocycles. The molecule has 152 valence electrons. The van der Waals surface area contributed by atoms with Crippen LogP contribution >= 0.6 is 0 Å². The molecule has 1 N–H and O–H groups in total. The molecule has 0 radical (unpaired) electrons. The van der Waals surface area contributed by atoms with Crippen LogP contribution in [0, 0.1) is 0 Å². The lowest BCUT2D eigenvalue weighted by atomic mass is 9.95. The van der Waals surface area contributed by atoms with Gasteiger partial charge in [0, 0.05) is 13.0 Å².